The number of hydrogen-bond acceptors (Lipinski definition) is 12. The van der Waals surface area contributed by atoms with Crippen molar-refractivity contribution in [3.05, 3.63) is 98.3 Å². The molecular formula is C35H36BrNO14. The fourth-order valence-electron chi connectivity index (χ4n) is 6.23. The van der Waals surface area contributed by atoms with E-state index < -0.39 is 36.2 Å². The van der Waals surface area contributed by atoms with Gasteiger partial charge in [0.2, 0.25) is 0 Å². The van der Waals surface area contributed by atoms with E-state index in [0.29, 0.717) is 25.0 Å². The van der Waals surface area contributed by atoms with Crippen molar-refractivity contribution in [2.75, 3.05) is 25.6 Å². The lowest BCUT2D eigenvalue weighted by Gasteiger charge is -2.32. The summed E-state index contributed by atoms with van der Waals surface area (Å²) in [7, 11) is 0. The van der Waals surface area contributed by atoms with E-state index >= 15 is 0 Å². The Hall–Kier alpha value is -4.71. The van der Waals surface area contributed by atoms with Gasteiger partial charge < -0.3 is 30.7 Å². The molecule has 2 atom stereocenters. The molecule has 0 radical (unpaired) electrons. The maximum atomic E-state index is 12.6. The average Bonchev–Trinajstić information content (AvgIpc) is 3.10. The van der Waals surface area contributed by atoms with Gasteiger partial charge in [0.25, 0.3) is 0 Å². The third kappa shape index (κ3) is 10.2. The lowest BCUT2D eigenvalue weighted by atomic mass is 9.72. The summed E-state index contributed by atoms with van der Waals surface area (Å²) >= 11 is 3.16. The second kappa shape index (κ2) is 19.1. The van der Waals surface area contributed by atoms with E-state index in [1.54, 1.807) is 30.4 Å². The summed E-state index contributed by atoms with van der Waals surface area (Å²) in [6.07, 6.45) is 11.5. The lowest BCUT2D eigenvalue weighted by Crippen LogP contribution is -2.30. The molecule has 15 nitrogen and oxygen atoms in total. The number of hydrogen-bond donors (Lipinski definition) is 4. The van der Waals surface area contributed by atoms with Crippen molar-refractivity contribution in [3.8, 4) is 0 Å². The Labute approximate surface area is 300 Å². The van der Waals surface area contributed by atoms with Gasteiger partial charge in [-0.1, -0.05) is 54.8 Å². The van der Waals surface area contributed by atoms with Gasteiger partial charge >= 0.3 is 17.9 Å². The Morgan fingerprint density at radius 2 is 1.61 bits per heavy atom. The summed E-state index contributed by atoms with van der Waals surface area (Å²) in [4.78, 5) is 68.5. The number of allylic oxidation sites excluding steroid dienone is 2. The van der Waals surface area contributed by atoms with Gasteiger partial charge in [0.05, 0.1) is 41.5 Å². The third-order valence-electron chi connectivity index (χ3n) is 8.44. The molecule has 2 aromatic carbocycles. The van der Waals surface area contributed by atoms with Crippen LogP contribution in [0.5, 0.6) is 0 Å². The number of anilines is 1. The van der Waals surface area contributed by atoms with Crippen LogP contribution in [-0.2, 0) is 39.2 Å². The summed E-state index contributed by atoms with van der Waals surface area (Å²) in [6, 6.07) is 7.64. The van der Waals surface area contributed by atoms with Crippen LogP contribution in [-0.4, -0.2) is 64.6 Å². The highest BCUT2D eigenvalue weighted by Crippen LogP contribution is 2.40. The molecule has 5 rings (SSSR count). The SMILES string of the molecule is Nc1c(C(=O)O)cc(Br)c2c1C(=O)c1ccccc1C2=O.O=C(O)COCC1=C2CCCC(CCCCCOOOOOC=CC=C1)C2C(=O)O. The van der Waals surface area contributed by atoms with Crippen LogP contribution >= 0.6 is 15.9 Å². The van der Waals surface area contributed by atoms with Crippen molar-refractivity contribution >= 4 is 51.1 Å². The summed E-state index contributed by atoms with van der Waals surface area (Å²) in [6.45, 7) is -0.155. The van der Waals surface area contributed by atoms with Crippen LogP contribution in [0.15, 0.2) is 70.4 Å². The molecule has 1 heterocycles. The Bertz CT molecular complexity index is 1730. The number of nitrogen functional groups attached to an aromatic ring is 1. The predicted octanol–water partition coefficient (Wildman–Crippen LogP) is 5.78. The molecule has 1 fully saturated rings. The number of benzene rings is 2. The van der Waals surface area contributed by atoms with E-state index in [-0.39, 0.29) is 56.3 Å². The number of ketones is 2. The predicted molar refractivity (Wildman–Crippen MR) is 180 cm³/mol. The van der Waals surface area contributed by atoms with Gasteiger partial charge in [-0.3, -0.25) is 14.4 Å². The molecule has 3 aliphatic rings. The van der Waals surface area contributed by atoms with Gasteiger partial charge in [-0.25, -0.2) is 14.5 Å². The second-order valence-corrected chi connectivity index (χ2v) is 12.5. The maximum Gasteiger partial charge on any atom is 0.337 e. The first-order valence-corrected chi connectivity index (χ1v) is 16.7. The number of aromatic carboxylic acids is 1. The van der Waals surface area contributed by atoms with Gasteiger partial charge in [-0.15, -0.1) is 0 Å². The van der Waals surface area contributed by atoms with E-state index in [0.717, 1.165) is 37.7 Å². The van der Waals surface area contributed by atoms with Crippen LogP contribution < -0.4 is 5.73 Å². The van der Waals surface area contributed by atoms with E-state index in [2.05, 4.69) is 35.9 Å². The molecule has 0 spiro atoms. The van der Waals surface area contributed by atoms with Crippen LogP contribution in [0.1, 0.15) is 87.1 Å². The lowest BCUT2D eigenvalue weighted by molar-refractivity contribution is -0.700. The first-order chi connectivity index (χ1) is 24.5. The van der Waals surface area contributed by atoms with Crippen LogP contribution in [0.3, 0.4) is 0 Å². The molecule has 2 unspecified atom stereocenters. The number of aliphatic carboxylic acids is 2. The van der Waals surface area contributed by atoms with E-state index in [4.69, 9.17) is 25.6 Å². The highest BCUT2D eigenvalue weighted by molar-refractivity contribution is 9.10. The molecule has 2 bridgehead atoms. The van der Waals surface area contributed by atoms with Crippen molar-refractivity contribution in [1.29, 1.82) is 0 Å². The fraction of sp³-hybridized carbons (Fsp3) is 0.343. The van der Waals surface area contributed by atoms with Crippen molar-refractivity contribution in [1.82, 2.24) is 0 Å². The Balaban J connectivity index is 0.000000242. The zero-order valence-corrected chi connectivity index (χ0v) is 28.8. The van der Waals surface area contributed by atoms with Gasteiger partial charge in [0.15, 0.2) is 11.6 Å². The molecule has 2 aromatic rings. The largest absolute Gasteiger partial charge is 0.481 e. The summed E-state index contributed by atoms with van der Waals surface area (Å²) in [5.74, 6) is -4.61. The Morgan fingerprint density at radius 3 is 2.29 bits per heavy atom. The number of rotatable bonds is 6. The Morgan fingerprint density at radius 1 is 0.902 bits per heavy atom. The minimum absolute atomic E-state index is 0.00806. The quantitative estimate of drug-likeness (QED) is 0.172. The number of halogens is 1. The molecule has 1 saturated carbocycles. The Kier molecular flexibility index (Phi) is 14.6. The molecule has 272 valence electrons. The molecule has 16 heteroatoms. The average molecular weight is 775 g/mol. The van der Waals surface area contributed by atoms with E-state index in [1.807, 2.05) is 0 Å². The number of carbonyl (C=O) groups excluding carboxylic acids is 2. The first-order valence-electron chi connectivity index (χ1n) is 15.9. The van der Waals surface area contributed by atoms with Crippen LogP contribution in [0.2, 0.25) is 0 Å². The van der Waals surface area contributed by atoms with Gasteiger partial charge in [-0.05, 0) is 76.7 Å². The van der Waals surface area contributed by atoms with Crippen molar-refractivity contribution in [3.63, 3.8) is 0 Å². The van der Waals surface area contributed by atoms with Crippen molar-refractivity contribution in [2.24, 2.45) is 11.8 Å². The van der Waals surface area contributed by atoms with Crippen LogP contribution in [0.25, 0.3) is 0 Å². The minimum Gasteiger partial charge on any atom is -0.481 e. The number of fused-ring (bicyclic) bond motifs is 4. The highest BCUT2D eigenvalue weighted by atomic mass is 79.9. The molecule has 51 heavy (non-hydrogen) atoms. The molecule has 0 saturated heterocycles. The molecule has 1 aliphatic heterocycles. The number of carbonyl (C=O) groups is 5. The number of carboxylic acid groups (broad SMARTS) is 3. The summed E-state index contributed by atoms with van der Waals surface area (Å²) in [5, 5.41) is 40.7. The van der Waals surface area contributed by atoms with E-state index in [9.17, 15) is 29.1 Å². The normalized spacial score (nSPS) is 19.7. The zero-order chi connectivity index (χ0) is 36.9. The van der Waals surface area contributed by atoms with E-state index in [1.165, 1.54) is 24.5 Å². The maximum absolute atomic E-state index is 12.6. The second-order valence-electron chi connectivity index (χ2n) is 11.6. The summed E-state index contributed by atoms with van der Waals surface area (Å²) < 4.78 is 5.51. The fourth-order valence-corrected chi connectivity index (χ4v) is 6.83. The smallest absolute Gasteiger partial charge is 0.337 e. The number of carboxylic acids is 3. The number of nitrogens with two attached hydrogens (primary N) is 1. The third-order valence-corrected chi connectivity index (χ3v) is 9.06. The topological polar surface area (TPSA) is 227 Å². The molecule has 5 N–H and O–H groups in total. The van der Waals surface area contributed by atoms with Crippen molar-refractivity contribution < 1.29 is 68.9 Å². The van der Waals surface area contributed by atoms with Gasteiger partial charge in [-0.2, -0.15) is 0 Å². The highest BCUT2D eigenvalue weighted by Gasteiger charge is 2.36. The molecule has 2 aliphatic carbocycles. The van der Waals surface area contributed by atoms with Crippen molar-refractivity contribution in [2.45, 2.75) is 44.9 Å². The number of ether oxygens (including phenoxy) is 1. The zero-order valence-electron chi connectivity index (χ0n) is 27.2. The van der Waals surface area contributed by atoms with Crippen LogP contribution in [0.4, 0.5) is 5.69 Å². The molecule has 0 amide bonds. The molecule has 0 aromatic heterocycles. The standard InChI is InChI=1S/C20H28O10.C15H8BrNO4/c21-18(22)14-25-13-16-8-3-5-12-27-29-30-28-26-11-4-1-2-7-15-9-6-10-17(16)19(15)20(23)24;16-9-5-8(15(20)21)12(17)11-10(9)13(18)6-3-1-2-4-7(6)14(11)19/h3,5,8,12,15,19H,1-2,4,6-7,9-11,13-14H2,(H,21,22)(H,23,24);1-5H,17H2,(H,20,21). The first kappa shape index (κ1) is 39.1. The van der Waals surface area contributed by atoms with Gasteiger partial charge in [0.1, 0.15) is 12.9 Å². The summed E-state index contributed by atoms with van der Waals surface area (Å²) in [5.41, 5.74) is 7.44. The van der Waals surface area contributed by atoms with Gasteiger partial charge in [0, 0.05) is 25.7 Å². The monoisotopic (exact) mass is 773 g/mol. The molecular weight excluding hydrogens is 738 g/mol. The minimum atomic E-state index is -1.25. The van der Waals surface area contributed by atoms with Crippen LogP contribution in [0, 0.1) is 11.8 Å².